The first-order valence-corrected chi connectivity index (χ1v) is 8.05. The van der Waals surface area contributed by atoms with Crippen LogP contribution >= 0.6 is 23.4 Å². The molecular weight excluding hydrogens is 318 g/mol. The predicted molar refractivity (Wildman–Crippen MR) is 89.4 cm³/mol. The van der Waals surface area contributed by atoms with Gasteiger partial charge in [-0.15, -0.1) is 5.10 Å². The number of ether oxygens (including phenoxy) is 1. The molecule has 1 heterocycles. The Bertz CT molecular complexity index is 741. The zero-order chi connectivity index (χ0) is 15.4. The van der Waals surface area contributed by atoms with Gasteiger partial charge in [0.15, 0.2) is 5.82 Å². The lowest BCUT2D eigenvalue weighted by Crippen LogP contribution is -1.84. The average molecular weight is 332 g/mol. The predicted octanol–water partition coefficient (Wildman–Crippen LogP) is 4.43. The van der Waals surface area contributed by atoms with E-state index in [-0.39, 0.29) is 0 Å². The normalized spacial score (nSPS) is 10.6. The monoisotopic (exact) mass is 331 g/mol. The van der Waals surface area contributed by atoms with Gasteiger partial charge < -0.3 is 4.74 Å². The van der Waals surface area contributed by atoms with Gasteiger partial charge in [-0.25, -0.2) is 4.98 Å². The maximum atomic E-state index is 5.88. The summed E-state index contributed by atoms with van der Waals surface area (Å²) in [5.74, 6) is 2.37. The van der Waals surface area contributed by atoms with Crippen molar-refractivity contribution in [1.29, 1.82) is 0 Å². The molecule has 22 heavy (non-hydrogen) atoms. The Morgan fingerprint density at radius 3 is 2.50 bits per heavy atom. The van der Waals surface area contributed by atoms with Gasteiger partial charge in [0.2, 0.25) is 5.16 Å². The Morgan fingerprint density at radius 2 is 1.82 bits per heavy atom. The smallest absolute Gasteiger partial charge is 0.209 e. The van der Waals surface area contributed by atoms with Crippen molar-refractivity contribution < 1.29 is 4.74 Å². The maximum absolute atomic E-state index is 5.88. The SMILES string of the molecule is COc1ccc(-c2nc(SCc3ccc(Cl)cc3)n[nH]2)cc1. The van der Waals surface area contributed by atoms with Crippen LogP contribution in [0.5, 0.6) is 5.75 Å². The van der Waals surface area contributed by atoms with Gasteiger partial charge in [0.05, 0.1) is 7.11 Å². The van der Waals surface area contributed by atoms with Crippen molar-refractivity contribution in [2.45, 2.75) is 10.9 Å². The van der Waals surface area contributed by atoms with Gasteiger partial charge in [-0.2, -0.15) is 0 Å². The van der Waals surface area contributed by atoms with Crippen molar-refractivity contribution in [3.8, 4) is 17.1 Å². The number of thioether (sulfide) groups is 1. The average Bonchev–Trinajstić information content (AvgIpc) is 3.03. The summed E-state index contributed by atoms with van der Waals surface area (Å²) in [7, 11) is 1.65. The first-order valence-electron chi connectivity index (χ1n) is 6.68. The summed E-state index contributed by atoms with van der Waals surface area (Å²) >= 11 is 7.46. The molecule has 1 N–H and O–H groups in total. The minimum atomic E-state index is 0.723. The quantitative estimate of drug-likeness (QED) is 0.703. The number of aromatic nitrogens is 3. The Balaban J connectivity index is 1.66. The van der Waals surface area contributed by atoms with Gasteiger partial charge in [-0.05, 0) is 42.0 Å². The molecule has 4 nitrogen and oxygen atoms in total. The summed E-state index contributed by atoms with van der Waals surface area (Å²) in [5, 5.41) is 8.67. The molecule has 0 amide bonds. The third-order valence-electron chi connectivity index (χ3n) is 3.11. The highest BCUT2D eigenvalue weighted by Gasteiger charge is 2.07. The van der Waals surface area contributed by atoms with Crippen LogP contribution < -0.4 is 4.74 Å². The molecule has 3 aromatic rings. The molecule has 0 aliphatic carbocycles. The standard InChI is InChI=1S/C16H14ClN3OS/c1-21-14-8-4-12(5-9-14)15-18-16(20-19-15)22-10-11-2-6-13(17)7-3-11/h2-9H,10H2,1H3,(H,18,19,20). The molecule has 0 atom stereocenters. The van der Waals surface area contributed by atoms with Crippen LogP contribution in [0.15, 0.2) is 53.7 Å². The number of aromatic amines is 1. The highest BCUT2D eigenvalue weighted by Crippen LogP contribution is 2.24. The Labute approximate surface area is 137 Å². The molecule has 112 valence electrons. The van der Waals surface area contributed by atoms with Crippen molar-refractivity contribution in [1.82, 2.24) is 15.2 Å². The van der Waals surface area contributed by atoms with Crippen molar-refractivity contribution in [2.24, 2.45) is 0 Å². The molecule has 0 aliphatic heterocycles. The van der Waals surface area contributed by atoms with Crippen LogP contribution in [0.1, 0.15) is 5.56 Å². The lowest BCUT2D eigenvalue weighted by Gasteiger charge is -2.00. The highest BCUT2D eigenvalue weighted by atomic mass is 35.5. The van der Waals surface area contributed by atoms with E-state index < -0.39 is 0 Å². The molecule has 2 aromatic carbocycles. The van der Waals surface area contributed by atoms with Gasteiger partial charge in [-0.3, -0.25) is 5.10 Å². The second-order valence-electron chi connectivity index (χ2n) is 4.61. The summed E-state index contributed by atoms with van der Waals surface area (Å²) in [5.41, 5.74) is 2.16. The van der Waals surface area contributed by atoms with Crippen LogP contribution in [0.25, 0.3) is 11.4 Å². The van der Waals surface area contributed by atoms with Gasteiger partial charge in [0.1, 0.15) is 5.75 Å². The molecular formula is C16H14ClN3OS. The maximum Gasteiger partial charge on any atom is 0.209 e. The van der Waals surface area contributed by atoms with Gasteiger partial charge in [0.25, 0.3) is 0 Å². The number of benzene rings is 2. The number of nitrogens with zero attached hydrogens (tertiary/aromatic N) is 2. The van der Waals surface area contributed by atoms with Crippen molar-refractivity contribution in [2.75, 3.05) is 7.11 Å². The number of hydrogen-bond acceptors (Lipinski definition) is 4. The Kier molecular flexibility index (Phi) is 4.65. The molecule has 0 radical (unpaired) electrons. The summed E-state index contributed by atoms with van der Waals surface area (Å²) in [4.78, 5) is 4.50. The molecule has 0 bridgehead atoms. The molecule has 0 aliphatic rings. The second-order valence-corrected chi connectivity index (χ2v) is 5.99. The van der Waals surface area contributed by atoms with Crippen molar-refractivity contribution in [3.63, 3.8) is 0 Å². The van der Waals surface area contributed by atoms with E-state index in [1.165, 1.54) is 5.56 Å². The van der Waals surface area contributed by atoms with E-state index in [1.54, 1.807) is 18.9 Å². The van der Waals surface area contributed by atoms with E-state index in [2.05, 4.69) is 15.2 Å². The lowest BCUT2D eigenvalue weighted by molar-refractivity contribution is 0.415. The summed E-state index contributed by atoms with van der Waals surface area (Å²) in [6.07, 6.45) is 0. The summed E-state index contributed by atoms with van der Waals surface area (Å²) < 4.78 is 5.15. The molecule has 0 fully saturated rings. The van der Waals surface area contributed by atoms with E-state index in [0.29, 0.717) is 0 Å². The van der Waals surface area contributed by atoms with Gasteiger partial charge in [-0.1, -0.05) is 35.5 Å². The third kappa shape index (κ3) is 3.61. The van der Waals surface area contributed by atoms with E-state index in [1.807, 2.05) is 48.5 Å². The molecule has 3 rings (SSSR count). The zero-order valence-corrected chi connectivity index (χ0v) is 13.5. The third-order valence-corrected chi connectivity index (χ3v) is 4.28. The molecule has 0 saturated heterocycles. The molecule has 1 aromatic heterocycles. The van der Waals surface area contributed by atoms with Crippen LogP contribution in [0.4, 0.5) is 0 Å². The highest BCUT2D eigenvalue weighted by molar-refractivity contribution is 7.98. The fourth-order valence-corrected chi connectivity index (χ4v) is 2.80. The number of H-pyrrole nitrogens is 1. The van der Waals surface area contributed by atoms with Crippen molar-refractivity contribution in [3.05, 3.63) is 59.1 Å². The van der Waals surface area contributed by atoms with E-state index in [4.69, 9.17) is 16.3 Å². The Hall–Kier alpha value is -1.98. The van der Waals surface area contributed by atoms with E-state index in [9.17, 15) is 0 Å². The van der Waals surface area contributed by atoms with Crippen LogP contribution in [-0.2, 0) is 5.75 Å². The number of nitrogens with one attached hydrogen (secondary N) is 1. The second kappa shape index (κ2) is 6.85. The molecule has 0 unspecified atom stereocenters. The van der Waals surface area contributed by atoms with E-state index >= 15 is 0 Å². The Morgan fingerprint density at radius 1 is 1.09 bits per heavy atom. The topological polar surface area (TPSA) is 50.8 Å². The minimum absolute atomic E-state index is 0.723. The number of hydrogen-bond donors (Lipinski definition) is 1. The molecule has 0 saturated carbocycles. The van der Waals surface area contributed by atoms with Crippen LogP contribution in [0.3, 0.4) is 0 Å². The van der Waals surface area contributed by atoms with E-state index in [0.717, 1.165) is 33.1 Å². The summed E-state index contributed by atoms with van der Waals surface area (Å²) in [6.45, 7) is 0. The fourth-order valence-electron chi connectivity index (χ4n) is 1.92. The van der Waals surface area contributed by atoms with Crippen molar-refractivity contribution >= 4 is 23.4 Å². The zero-order valence-electron chi connectivity index (χ0n) is 11.9. The van der Waals surface area contributed by atoms with Crippen LogP contribution in [0.2, 0.25) is 5.02 Å². The fraction of sp³-hybridized carbons (Fsp3) is 0.125. The molecule has 6 heteroatoms. The van der Waals surface area contributed by atoms with Gasteiger partial charge in [0, 0.05) is 16.3 Å². The lowest BCUT2D eigenvalue weighted by atomic mass is 10.2. The largest absolute Gasteiger partial charge is 0.497 e. The number of halogens is 1. The summed E-state index contributed by atoms with van der Waals surface area (Å²) in [6, 6.07) is 15.5. The minimum Gasteiger partial charge on any atom is -0.497 e. The number of rotatable bonds is 5. The van der Waals surface area contributed by atoms with Crippen LogP contribution in [0, 0.1) is 0 Å². The number of methoxy groups -OCH3 is 1. The molecule has 0 spiro atoms. The first kappa shape index (κ1) is 14.9. The van der Waals surface area contributed by atoms with Gasteiger partial charge >= 0.3 is 0 Å². The first-order chi connectivity index (χ1) is 10.7. The van der Waals surface area contributed by atoms with Crippen LogP contribution in [-0.4, -0.2) is 22.3 Å².